The number of hydrogen-bond donors (Lipinski definition) is 1. The van der Waals surface area contributed by atoms with Crippen LogP contribution in [0.5, 0.6) is 0 Å². The number of Topliss-reactive ketones (excluding diaryl/α,β-unsaturated/α-hetero) is 3. The molecule has 0 aliphatic heterocycles. The highest BCUT2D eigenvalue weighted by Gasteiger charge is 2.67. The molecule has 1 N–H and O–H groups in total. The standard InChI is InChI=1S/C39H56O5/c1-24(2)10-9-11-26-14-18-37(7,34(43)44)29(23-26)30(40)22-25(3)38(8)20-17-33(42)39(38)21-15-27-28(39)12-13-31-35(4,5)32(41)16-19-36(27,31)6/h10,14,25,29,31H,9,11-13,15-23H2,1-8H3,(H,43,44)/t25-,29-,31+,36-,37+,38+,39+/m1/s1. The topological polar surface area (TPSA) is 88.5 Å². The second kappa shape index (κ2) is 11.2. The first-order valence-corrected chi connectivity index (χ1v) is 17.3. The van der Waals surface area contributed by atoms with E-state index < -0.39 is 22.7 Å². The molecule has 0 unspecified atom stereocenters. The number of carbonyl (C=O) groups is 4. The van der Waals surface area contributed by atoms with Crippen LogP contribution < -0.4 is 0 Å². The third kappa shape index (κ3) is 4.77. The highest BCUT2D eigenvalue weighted by atomic mass is 16.4. The van der Waals surface area contributed by atoms with Gasteiger partial charge in [-0.05, 0) is 108 Å². The van der Waals surface area contributed by atoms with E-state index in [0.29, 0.717) is 49.6 Å². The minimum Gasteiger partial charge on any atom is -0.481 e. The van der Waals surface area contributed by atoms with E-state index in [1.807, 2.05) is 0 Å². The smallest absolute Gasteiger partial charge is 0.310 e. The molecule has 5 nitrogen and oxygen atoms in total. The van der Waals surface area contributed by atoms with E-state index in [1.165, 1.54) is 22.3 Å². The first kappa shape index (κ1) is 33.1. The molecule has 0 aromatic carbocycles. The van der Waals surface area contributed by atoms with E-state index in [1.54, 1.807) is 6.92 Å². The Hall–Kier alpha value is -2.30. The summed E-state index contributed by atoms with van der Waals surface area (Å²) in [6.45, 7) is 16.9. The largest absolute Gasteiger partial charge is 0.481 e. The second-order valence-corrected chi connectivity index (χ2v) is 16.8. The molecule has 5 aliphatic rings. The van der Waals surface area contributed by atoms with Crippen molar-refractivity contribution in [2.75, 3.05) is 0 Å². The van der Waals surface area contributed by atoms with Gasteiger partial charge in [0, 0.05) is 30.6 Å². The SMILES string of the molecule is CC(C)=CCCC1=CC[C@](C)(C(=O)O)[C@@H](C(=O)C[C@@H](C)[C@]2(C)CCC(=O)[C@@]23CCC2=C3CC[C@H]3C(C)(C)C(=O)CC[C@]23C)C1. The monoisotopic (exact) mass is 604 g/mol. The Labute approximate surface area is 265 Å². The Morgan fingerprint density at radius 1 is 0.955 bits per heavy atom. The van der Waals surface area contributed by atoms with Crippen molar-refractivity contribution in [2.45, 2.75) is 139 Å². The van der Waals surface area contributed by atoms with Crippen LogP contribution in [0.4, 0.5) is 0 Å². The Kier molecular flexibility index (Phi) is 8.41. The lowest BCUT2D eigenvalue weighted by Crippen LogP contribution is -2.51. The summed E-state index contributed by atoms with van der Waals surface area (Å²) < 4.78 is 0. The lowest BCUT2D eigenvalue weighted by Gasteiger charge is -2.55. The Morgan fingerprint density at radius 2 is 1.64 bits per heavy atom. The van der Waals surface area contributed by atoms with Crippen molar-refractivity contribution in [3.63, 3.8) is 0 Å². The summed E-state index contributed by atoms with van der Waals surface area (Å²) in [5.74, 6) is -0.438. The van der Waals surface area contributed by atoms with Gasteiger partial charge in [-0.1, -0.05) is 69.1 Å². The van der Waals surface area contributed by atoms with Crippen molar-refractivity contribution in [2.24, 2.45) is 44.8 Å². The molecular weight excluding hydrogens is 548 g/mol. The molecule has 0 radical (unpaired) electrons. The predicted octanol–water partition coefficient (Wildman–Crippen LogP) is 9.01. The number of allylic oxidation sites excluding steroid dienone is 6. The third-order valence-electron chi connectivity index (χ3n) is 14.1. The van der Waals surface area contributed by atoms with Crippen LogP contribution in [0.2, 0.25) is 0 Å². The summed E-state index contributed by atoms with van der Waals surface area (Å²) in [7, 11) is 0. The summed E-state index contributed by atoms with van der Waals surface area (Å²) in [6, 6.07) is 0. The molecule has 0 heterocycles. The van der Waals surface area contributed by atoms with E-state index in [0.717, 1.165) is 51.4 Å². The molecule has 0 saturated heterocycles. The van der Waals surface area contributed by atoms with Gasteiger partial charge < -0.3 is 5.11 Å². The first-order chi connectivity index (χ1) is 20.4. The minimum absolute atomic E-state index is 0.0405. The number of carbonyl (C=O) groups excluding carboxylic acids is 3. The van der Waals surface area contributed by atoms with Crippen molar-refractivity contribution in [1.82, 2.24) is 0 Å². The van der Waals surface area contributed by atoms with Crippen LogP contribution in [0.15, 0.2) is 34.4 Å². The van der Waals surface area contributed by atoms with Gasteiger partial charge in [0.2, 0.25) is 0 Å². The first-order valence-electron chi connectivity index (χ1n) is 17.3. The lowest BCUT2D eigenvalue weighted by molar-refractivity contribution is -0.155. The summed E-state index contributed by atoms with van der Waals surface area (Å²) in [4.78, 5) is 53.9. The number of aliphatic carboxylic acids is 1. The fourth-order valence-corrected chi connectivity index (χ4v) is 11.0. The van der Waals surface area contributed by atoms with Crippen LogP contribution in [0.3, 0.4) is 0 Å². The molecule has 7 atom stereocenters. The molecule has 0 amide bonds. The van der Waals surface area contributed by atoms with E-state index in [2.05, 4.69) is 60.6 Å². The third-order valence-corrected chi connectivity index (χ3v) is 14.1. The van der Waals surface area contributed by atoms with E-state index in [4.69, 9.17) is 0 Å². The molecule has 0 aromatic heterocycles. The lowest BCUT2D eigenvalue weighted by atomic mass is 9.48. The normalized spacial score (nSPS) is 38.7. The molecule has 2 saturated carbocycles. The minimum atomic E-state index is -1.11. The molecular formula is C39H56O5. The van der Waals surface area contributed by atoms with Crippen LogP contribution in [0.25, 0.3) is 0 Å². The number of ketones is 3. The van der Waals surface area contributed by atoms with Crippen molar-refractivity contribution < 1.29 is 24.3 Å². The molecule has 5 heteroatoms. The van der Waals surface area contributed by atoms with Crippen molar-refractivity contribution in [3.05, 3.63) is 34.4 Å². The molecule has 44 heavy (non-hydrogen) atoms. The van der Waals surface area contributed by atoms with Gasteiger partial charge in [-0.3, -0.25) is 19.2 Å². The molecule has 242 valence electrons. The van der Waals surface area contributed by atoms with Crippen LogP contribution >= 0.6 is 0 Å². The summed E-state index contributed by atoms with van der Waals surface area (Å²) in [5, 5.41) is 10.3. The number of carboxylic acid groups (broad SMARTS) is 1. The summed E-state index contributed by atoms with van der Waals surface area (Å²) >= 11 is 0. The van der Waals surface area contributed by atoms with Crippen molar-refractivity contribution in [3.8, 4) is 0 Å². The van der Waals surface area contributed by atoms with Gasteiger partial charge >= 0.3 is 5.97 Å². The number of carboxylic acids is 1. The average Bonchev–Trinajstić information content (AvgIpc) is 3.48. The molecule has 2 fully saturated rings. The highest BCUT2D eigenvalue weighted by Crippen LogP contribution is 2.71. The zero-order valence-corrected chi connectivity index (χ0v) is 28.7. The van der Waals surface area contributed by atoms with Crippen LogP contribution in [0, 0.1) is 44.8 Å². The van der Waals surface area contributed by atoms with Gasteiger partial charge in [0.15, 0.2) is 0 Å². The quantitative estimate of drug-likeness (QED) is 0.279. The Balaban J connectivity index is 1.43. The predicted molar refractivity (Wildman–Crippen MR) is 174 cm³/mol. The van der Waals surface area contributed by atoms with Crippen molar-refractivity contribution in [1.29, 1.82) is 0 Å². The maximum Gasteiger partial charge on any atom is 0.310 e. The van der Waals surface area contributed by atoms with Gasteiger partial charge in [0.05, 0.1) is 10.8 Å². The summed E-state index contributed by atoms with van der Waals surface area (Å²) in [6.07, 6.45) is 13.6. The molecule has 5 aliphatic carbocycles. The maximum absolute atomic E-state index is 14.2. The fourth-order valence-electron chi connectivity index (χ4n) is 11.0. The van der Waals surface area contributed by atoms with Gasteiger partial charge in [0.1, 0.15) is 17.3 Å². The second-order valence-electron chi connectivity index (χ2n) is 16.8. The van der Waals surface area contributed by atoms with Crippen LogP contribution in [-0.4, -0.2) is 28.4 Å². The Bertz CT molecular complexity index is 1360. The van der Waals surface area contributed by atoms with Gasteiger partial charge in [0.25, 0.3) is 0 Å². The Morgan fingerprint density at radius 3 is 2.30 bits per heavy atom. The highest BCUT2D eigenvalue weighted by molar-refractivity contribution is 5.93. The zero-order chi connectivity index (χ0) is 32.5. The number of hydrogen-bond acceptors (Lipinski definition) is 4. The van der Waals surface area contributed by atoms with Crippen molar-refractivity contribution >= 4 is 23.3 Å². The van der Waals surface area contributed by atoms with Crippen LogP contribution in [0.1, 0.15) is 139 Å². The van der Waals surface area contributed by atoms with Gasteiger partial charge in [-0.25, -0.2) is 0 Å². The number of rotatable bonds is 8. The summed E-state index contributed by atoms with van der Waals surface area (Å²) in [5.41, 5.74) is 2.85. The number of fused-ring (bicyclic) bond motifs is 3. The molecule has 0 bridgehead atoms. The molecule has 5 rings (SSSR count). The fraction of sp³-hybridized carbons (Fsp3) is 0.744. The van der Waals surface area contributed by atoms with Crippen LogP contribution in [-0.2, 0) is 19.2 Å². The van der Waals surface area contributed by atoms with E-state index in [9.17, 15) is 24.3 Å². The van der Waals surface area contributed by atoms with Gasteiger partial charge in [-0.15, -0.1) is 0 Å². The average molecular weight is 605 g/mol. The van der Waals surface area contributed by atoms with E-state index >= 15 is 0 Å². The van der Waals surface area contributed by atoms with Gasteiger partial charge in [-0.2, -0.15) is 0 Å². The zero-order valence-electron chi connectivity index (χ0n) is 28.7. The maximum atomic E-state index is 14.2. The molecule has 1 spiro atoms. The molecule has 0 aromatic rings. The van der Waals surface area contributed by atoms with E-state index in [-0.39, 0.29) is 27.9 Å².